The summed E-state index contributed by atoms with van der Waals surface area (Å²) in [6.07, 6.45) is 0.524. The summed E-state index contributed by atoms with van der Waals surface area (Å²) in [7, 11) is 2.07. The number of benzene rings is 4. The monoisotopic (exact) mass is 528 g/mol. The number of hydrogen-bond acceptors (Lipinski definition) is 3. The molecular formula is C29H22BrClN2O. The summed E-state index contributed by atoms with van der Waals surface area (Å²) in [6.45, 7) is 0.695. The fourth-order valence-electron chi connectivity index (χ4n) is 5.10. The molecule has 5 aromatic rings. The molecular weight excluding hydrogens is 508 g/mol. The van der Waals surface area contributed by atoms with E-state index in [9.17, 15) is 5.11 Å². The van der Waals surface area contributed by atoms with Gasteiger partial charge in [0.05, 0.1) is 5.52 Å². The van der Waals surface area contributed by atoms with Gasteiger partial charge in [0.25, 0.3) is 0 Å². The second-order valence-corrected chi connectivity index (χ2v) is 10.2. The van der Waals surface area contributed by atoms with Crippen LogP contribution < -0.4 is 4.90 Å². The third kappa shape index (κ3) is 3.40. The average molecular weight is 530 g/mol. The molecule has 3 nitrogen and oxygen atoms in total. The SMILES string of the molecule is CN1CCC(O)(c2cc(Br)cc3cc(-c4ccccc4)c(Cl)nc23)c2cccc3ccc1cc23. The maximum atomic E-state index is 12.5. The van der Waals surface area contributed by atoms with Crippen molar-refractivity contribution in [2.45, 2.75) is 12.0 Å². The largest absolute Gasteiger partial charge is 0.380 e. The van der Waals surface area contributed by atoms with Gasteiger partial charge in [0, 0.05) is 46.7 Å². The van der Waals surface area contributed by atoms with Crippen molar-refractivity contribution < 1.29 is 5.11 Å². The second-order valence-electron chi connectivity index (χ2n) is 8.96. The van der Waals surface area contributed by atoms with Crippen molar-refractivity contribution in [3.63, 3.8) is 0 Å². The lowest BCUT2D eigenvalue weighted by molar-refractivity contribution is 0.0759. The van der Waals surface area contributed by atoms with Crippen molar-refractivity contribution in [3.05, 3.63) is 106 Å². The summed E-state index contributed by atoms with van der Waals surface area (Å²) >= 11 is 10.4. The predicted molar refractivity (Wildman–Crippen MR) is 145 cm³/mol. The highest BCUT2D eigenvalue weighted by molar-refractivity contribution is 9.10. The number of aliphatic hydroxyl groups is 1. The molecule has 6 rings (SSSR count). The minimum absolute atomic E-state index is 0.425. The molecule has 1 aromatic heterocycles. The van der Waals surface area contributed by atoms with Gasteiger partial charge in [-0.3, -0.25) is 0 Å². The van der Waals surface area contributed by atoms with Gasteiger partial charge in [-0.05, 0) is 52.2 Å². The van der Waals surface area contributed by atoms with Gasteiger partial charge in [-0.15, -0.1) is 0 Å². The summed E-state index contributed by atoms with van der Waals surface area (Å²) in [4.78, 5) is 7.04. The Morgan fingerprint density at radius 3 is 2.56 bits per heavy atom. The Bertz CT molecular complexity index is 1570. The highest BCUT2D eigenvalue weighted by Gasteiger charge is 2.37. The van der Waals surface area contributed by atoms with Crippen molar-refractivity contribution in [3.8, 4) is 11.1 Å². The Labute approximate surface area is 211 Å². The molecule has 168 valence electrons. The van der Waals surface area contributed by atoms with Gasteiger partial charge in [-0.2, -0.15) is 0 Å². The van der Waals surface area contributed by atoms with Crippen LogP contribution in [0.2, 0.25) is 5.15 Å². The summed E-state index contributed by atoms with van der Waals surface area (Å²) in [5.74, 6) is 0. The van der Waals surface area contributed by atoms with E-state index in [-0.39, 0.29) is 0 Å². The lowest BCUT2D eigenvalue weighted by atomic mass is 9.79. The van der Waals surface area contributed by atoms with Crippen molar-refractivity contribution in [1.82, 2.24) is 4.98 Å². The van der Waals surface area contributed by atoms with E-state index in [1.807, 2.05) is 54.6 Å². The molecule has 0 radical (unpaired) electrons. The smallest absolute Gasteiger partial charge is 0.137 e. The van der Waals surface area contributed by atoms with Crippen molar-refractivity contribution in [1.29, 1.82) is 0 Å². The number of hydrogen-bond donors (Lipinski definition) is 1. The average Bonchev–Trinajstić information content (AvgIpc) is 2.85. The Kier molecular flexibility index (Phi) is 5.14. The zero-order valence-electron chi connectivity index (χ0n) is 18.6. The maximum absolute atomic E-state index is 12.5. The fraction of sp³-hybridized carbons (Fsp3) is 0.138. The van der Waals surface area contributed by atoms with Gasteiger partial charge in [0.1, 0.15) is 10.8 Å². The molecule has 4 aromatic carbocycles. The third-order valence-electron chi connectivity index (χ3n) is 6.93. The van der Waals surface area contributed by atoms with Crippen LogP contribution in [-0.2, 0) is 5.60 Å². The number of fused-ring (bicyclic) bond motifs is 2. The number of rotatable bonds is 2. The molecule has 1 unspecified atom stereocenters. The lowest BCUT2D eigenvalue weighted by Crippen LogP contribution is -2.34. The molecule has 0 spiro atoms. The minimum atomic E-state index is -1.24. The first kappa shape index (κ1) is 21.6. The molecule has 1 aliphatic heterocycles. The first-order valence-corrected chi connectivity index (χ1v) is 12.4. The standard InChI is InChI=1S/C29H22BrClN2O/c1-33-13-12-29(34,25-9-5-8-19-10-11-22(33)17-23(19)25)26-16-21(30)14-20-15-24(28(31)32-27(20)26)18-6-3-2-4-7-18/h2-11,14-17,34H,12-13H2,1H3. The van der Waals surface area contributed by atoms with Crippen molar-refractivity contribution in [2.75, 3.05) is 18.5 Å². The van der Waals surface area contributed by atoms with Crippen LogP contribution >= 0.6 is 27.5 Å². The van der Waals surface area contributed by atoms with Crippen LogP contribution in [0.3, 0.4) is 0 Å². The molecule has 0 fully saturated rings. The van der Waals surface area contributed by atoms with Crippen molar-refractivity contribution >= 4 is 54.9 Å². The van der Waals surface area contributed by atoms with E-state index in [1.54, 1.807) is 0 Å². The van der Waals surface area contributed by atoms with Crippen LogP contribution in [0.25, 0.3) is 32.8 Å². The van der Waals surface area contributed by atoms with Gasteiger partial charge in [-0.25, -0.2) is 4.98 Å². The molecule has 1 atom stereocenters. The maximum Gasteiger partial charge on any atom is 0.137 e. The molecule has 2 bridgehead atoms. The van der Waals surface area contributed by atoms with Crippen LogP contribution in [0.15, 0.2) is 89.4 Å². The number of halogens is 2. The minimum Gasteiger partial charge on any atom is -0.380 e. The highest BCUT2D eigenvalue weighted by Crippen LogP contribution is 2.44. The molecule has 0 saturated heterocycles. The van der Waals surface area contributed by atoms with Gasteiger partial charge in [0.2, 0.25) is 0 Å². The van der Waals surface area contributed by atoms with Gasteiger partial charge in [-0.1, -0.05) is 82.1 Å². The zero-order chi connectivity index (χ0) is 23.4. The zero-order valence-corrected chi connectivity index (χ0v) is 20.9. The number of nitrogens with zero attached hydrogens (tertiary/aromatic N) is 2. The van der Waals surface area contributed by atoms with E-state index >= 15 is 0 Å². The van der Waals surface area contributed by atoms with Crippen LogP contribution in [0.5, 0.6) is 0 Å². The third-order valence-corrected chi connectivity index (χ3v) is 7.67. The van der Waals surface area contributed by atoms with E-state index in [4.69, 9.17) is 16.6 Å². The summed E-state index contributed by atoms with van der Waals surface area (Å²) in [5.41, 5.74) is 4.16. The normalized spacial score (nSPS) is 17.8. The highest BCUT2D eigenvalue weighted by atomic mass is 79.9. The molecule has 1 N–H and O–H groups in total. The summed E-state index contributed by atoms with van der Waals surface area (Å²) in [5, 5.41) is 16.0. The van der Waals surface area contributed by atoms with Gasteiger partial charge >= 0.3 is 0 Å². The Hall–Kier alpha value is -2.92. The molecule has 0 aliphatic carbocycles. The topological polar surface area (TPSA) is 36.4 Å². The molecule has 1 aliphatic rings. The molecule has 34 heavy (non-hydrogen) atoms. The second kappa shape index (κ2) is 8.09. The predicted octanol–water partition coefficient (Wildman–Crippen LogP) is 7.55. The van der Waals surface area contributed by atoms with E-state index in [1.165, 1.54) is 0 Å². The van der Waals surface area contributed by atoms with Gasteiger partial charge in [0.15, 0.2) is 0 Å². The molecule has 5 heteroatoms. The number of pyridine rings is 1. The first-order chi connectivity index (χ1) is 16.4. The van der Waals surface area contributed by atoms with Crippen LogP contribution in [0.4, 0.5) is 5.69 Å². The Morgan fingerprint density at radius 1 is 0.912 bits per heavy atom. The molecule has 0 amide bonds. The number of aromatic nitrogens is 1. The van der Waals surface area contributed by atoms with E-state index in [0.29, 0.717) is 23.6 Å². The lowest BCUT2D eigenvalue weighted by Gasteiger charge is -2.35. The van der Waals surface area contributed by atoms with Crippen molar-refractivity contribution in [2.24, 2.45) is 0 Å². The van der Waals surface area contributed by atoms with Crippen LogP contribution in [0, 0.1) is 0 Å². The van der Waals surface area contributed by atoms with Crippen LogP contribution in [-0.4, -0.2) is 23.7 Å². The summed E-state index contributed by atoms with van der Waals surface area (Å²) in [6, 6.07) is 28.7. The summed E-state index contributed by atoms with van der Waals surface area (Å²) < 4.78 is 0.892. The molecule has 0 saturated carbocycles. The number of anilines is 1. The first-order valence-electron chi connectivity index (χ1n) is 11.3. The quantitative estimate of drug-likeness (QED) is 0.240. The Balaban J connectivity index is 1.64. The fourth-order valence-corrected chi connectivity index (χ4v) is 5.82. The van der Waals surface area contributed by atoms with Crippen LogP contribution in [0.1, 0.15) is 17.5 Å². The van der Waals surface area contributed by atoms with E-state index in [2.05, 4.69) is 58.2 Å². The molecule has 2 heterocycles. The van der Waals surface area contributed by atoms with E-state index in [0.717, 1.165) is 48.6 Å². The Morgan fingerprint density at radius 2 is 1.74 bits per heavy atom. The van der Waals surface area contributed by atoms with E-state index < -0.39 is 5.60 Å². The van der Waals surface area contributed by atoms with Gasteiger partial charge < -0.3 is 10.0 Å².